The molecule has 3 N–H and O–H groups in total. The van der Waals surface area contributed by atoms with Crippen LogP contribution in [0.4, 0.5) is 11.4 Å². The molecule has 16 heavy (non-hydrogen) atoms. The maximum absolute atomic E-state index is 11.8. The highest BCUT2D eigenvalue weighted by Crippen LogP contribution is 2.21. The van der Waals surface area contributed by atoms with Crippen LogP contribution in [0.25, 0.3) is 0 Å². The third-order valence-corrected chi connectivity index (χ3v) is 3.60. The van der Waals surface area contributed by atoms with Crippen LogP contribution in [0, 0.1) is 0 Å². The molecule has 0 aliphatic carbocycles. The van der Waals surface area contributed by atoms with Gasteiger partial charge in [-0.3, -0.25) is 9.29 Å². The highest BCUT2D eigenvalue weighted by Gasteiger charge is 2.20. The molecule has 0 unspecified atom stereocenters. The summed E-state index contributed by atoms with van der Waals surface area (Å²) in [5, 5.41) is 0. The summed E-state index contributed by atoms with van der Waals surface area (Å²) in [6.07, 6.45) is 2.91. The number of nitrogen functional groups attached to an aromatic ring is 1. The Balaban J connectivity index is 3.03. The Hall–Kier alpha value is -1.34. The zero-order valence-corrected chi connectivity index (χ0v) is 10.3. The summed E-state index contributed by atoms with van der Waals surface area (Å²) >= 11 is 0. The van der Waals surface area contributed by atoms with Gasteiger partial charge in [-0.15, -0.1) is 0 Å². The van der Waals surface area contributed by atoms with Gasteiger partial charge in [-0.1, -0.05) is 0 Å². The van der Waals surface area contributed by atoms with Crippen molar-refractivity contribution in [1.82, 2.24) is 9.71 Å². The third-order valence-electron chi connectivity index (χ3n) is 1.91. The first-order valence-electron chi connectivity index (χ1n) is 4.80. The van der Waals surface area contributed by atoms with Crippen LogP contribution >= 0.6 is 0 Å². The molecule has 6 nitrogen and oxygen atoms in total. The van der Waals surface area contributed by atoms with Crippen LogP contribution in [0.5, 0.6) is 0 Å². The van der Waals surface area contributed by atoms with Gasteiger partial charge in [0.25, 0.3) is 0 Å². The predicted octanol–water partition coefficient (Wildman–Crippen LogP) is 0.343. The topological polar surface area (TPSA) is 88.3 Å². The van der Waals surface area contributed by atoms with Gasteiger partial charge in [0.05, 0.1) is 17.6 Å². The predicted molar refractivity (Wildman–Crippen MR) is 64.2 cm³/mol. The summed E-state index contributed by atoms with van der Waals surface area (Å²) in [4.78, 5) is 3.80. The average molecular weight is 244 g/mol. The molecule has 0 aromatic carbocycles. The number of nitrogens with one attached hydrogen (secondary N) is 1. The molecule has 0 bridgehead atoms. The van der Waals surface area contributed by atoms with Crippen molar-refractivity contribution >= 4 is 21.6 Å². The summed E-state index contributed by atoms with van der Waals surface area (Å²) in [5.41, 5.74) is 6.38. The van der Waals surface area contributed by atoms with Crippen LogP contribution in [0.1, 0.15) is 13.8 Å². The second-order valence-electron chi connectivity index (χ2n) is 3.68. The first-order valence-corrected chi connectivity index (χ1v) is 6.24. The van der Waals surface area contributed by atoms with E-state index in [4.69, 9.17) is 5.73 Å². The number of aromatic nitrogens is 1. The monoisotopic (exact) mass is 244 g/mol. The lowest BCUT2D eigenvalue weighted by Gasteiger charge is -2.22. The van der Waals surface area contributed by atoms with Crippen molar-refractivity contribution in [3.05, 3.63) is 18.5 Å². The number of hydrogen-bond acceptors (Lipinski definition) is 4. The van der Waals surface area contributed by atoms with Gasteiger partial charge in [0.15, 0.2) is 0 Å². The second kappa shape index (κ2) is 4.67. The maximum Gasteiger partial charge on any atom is 0.301 e. The Labute approximate surface area is 95.7 Å². The zero-order chi connectivity index (χ0) is 12.3. The third kappa shape index (κ3) is 2.83. The lowest BCUT2D eigenvalue weighted by Crippen LogP contribution is -2.41. The van der Waals surface area contributed by atoms with Crippen molar-refractivity contribution in [1.29, 1.82) is 0 Å². The van der Waals surface area contributed by atoms with E-state index in [9.17, 15) is 8.42 Å². The molecule has 0 fully saturated rings. The number of rotatable bonds is 4. The van der Waals surface area contributed by atoms with Crippen molar-refractivity contribution in [2.45, 2.75) is 19.9 Å². The van der Waals surface area contributed by atoms with E-state index in [1.54, 1.807) is 19.9 Å². The molecular formula is C9H16N4O2S. The van der Waals surface area contributed by atoms with E-state index in [1.807, 2.05) is 0 Å². The minimum Gasteiger partial charge on any atom is -0.396 e. The van der Waals surface area contributed by atoms with Crippen molar-refractivity contribution in [3.63, 3.8) is 0 Å². The van der Waals surface area contributed by atoms with Crippen molar-refractivity contribution in [2.24, 2.45) is 0 Å². The Bertz CT molecular complexity index is 458. The fourth-order valence-corrected chi connectivity index (χ4v) is 2.37. The average Bonchev–Trinajstić information content (AvgIpc) is 2.15. The van der Waals surface area contributed by atoms with Crippen LogP contribution in [-0.4, -0.2) is 26.5 Å². The fraction of sp³-hybridized carbons (Fsp3) is 0.444. The molecule has 0 aliphatic rings. The maximum atomic E-state index is 11.8. The van der Waals surface area contributed by atoms with Crippen LogP contribution in [0.2, 0.25) is 0 Å². The first kappa shape index (κ1) is 12.7. The fourth-order valence-electron chi connectivity index (χ4n) is 1.19. The van der Waals surface area contributed by atoms with E-state index in [1.165, 1.54) is 19.4 Å². The number of anilines is 2. The summed E-state index contributed by atoms with van der Waals surface area (Å²) in [6.45, 7) is 3.50. The van der Waals surface area contributed by atoms with E-state index in [0.717, 1.165) is 4.31 Å². The van der Waals surface area contributed by atoms with Gasteiger partial charge in [0.2, 0.25) is 0 Å². The highest BCUT2D eigenvalue weighted by atomic mass is 32.2. The molecule has 0 saturated carbocycles. The lowest BCUT2D eigenvalue weighted by molar-refractivity contribution is 0.568. The SMILES string of the molecule is CC(C)NS(=O)(=O)N(C)c1ccncc1N. The largest absolute Gasteiger partial charge is 0.396 e. The van der Waals surface area contributed by atoms with E-state index in [0.29, 0.717) is 11.4 Å². The number of pyridine rings is 1. The lowest BCUT2D eigenvalue weighted by atomic mass is 10.3. The van der Waals surface area contributed by atoms with Crippen molar-refractivity contribution in [3.8, 4) is 0 Å². The number of nitrogens with two attached hydrogens (primary N) is 1. The van der Waals surface area contributed by atoms with Gasteiger partial charge < -0.3 is 5.73 Å². The zero-order valence-electron chi connectivity index (χ0n) is 9.51. The first-order chi connectivity index (χ1) is 7.34. The van der Waals surface area contributed by atoms with Gasteiger partial charge in [-0.05, 0) is 19.9 Å². The number of nitrogens with zero attached hydrogens (tertiary/aromatic N) is 2. The minimum atomic E-state index is -3.56. The Kier molecular flexibility index (Phi) is 3.71. The summed E-state index contributed by atoms with van der Waals surface area (Å²) in [7, 11) is -2.12. The van der Waals surface area contributed by atoms with Crippen LogP contribution < -0.4 is 14.8 Å². The van der Waals surface area contributed by atoms with E-state index in [2.05, 4.69) is 9.71 Å². The molecular weight excluding hydrogens is 228 g/mol. The molecule has 0 spiro atoms. The van der Waals surface area contributed by atoms with Crippen molar-refractivity contribution in [2.75, 3.05) is 17.1 Å². The standard InChI is InChI=1S/C9H16N4O2S/c1-7(2)12-16(14,15)13(3)9-4-5-11-6-8(9)10/h4-7,12H,10H2,1-3H3. The normalized spacial score (nSPS) is 11.8. The van der Waals surface area contributed by atoms with Crippen molar-refractivity contribution < 1.29 is 8.42 Å². The molecule has 1 aromatic heterocycles. The Morgan fingerprint density at radius 3 is 2.62 bits per heavy atom. The van der Waals surface area contributed by atoms with Crippen LogP contribution in [0.3, 0.4) is 0 Å². The van der Waals surface area contributed by atoms with Gasteiger partial charge >= 0.3 is 10.2 Å². The second-order valence-corrected chi connectivity index (χ2v) is 5.41. The van der Waals surface area contributed by atoms with Gasteiger partial charge in [0, 0.05) is 19.3 Å². The summed E-state index contributed by atoms with van der Waals surface area (Å²) in [5.74, 6) is 0. The highest BCUT2D eigenvalue weighted by molar-refractivity contribution is 7.90. The smallest absolute Gasteiger partial charge is 0.301 e. The van der Waals surface area contributed by atoms with E-state index < -0.39 is 10.2 Å². The molecule has 0 aliphatic heterocycles. The van der Waals surface area contributed by atoms with Gasteiger partial charge in [-0.2, -0.15) is 13.1 Å². The minimum absolute atomic E-state index is 0.171. The van der Waals surface area contributed by atoms with Gasteiger partial charge in [0.1, 0.15) is 0 Å². The Morgan fingerprint density at radius 2 is 2.12 bits per heavy atom. The number of hydrogen-bond donors (Lipinski definition) is 2. The van der Waals surface area contributed by atoms with Gasteiger partial charge in [-0.25, -0.2) is 0 Å². The molecule has 0 atom stereocenters. The molecule has 0 saturated heterocycles. The molecule has 1 heterocycles. The molecule has 90 valence electrons. The van der Waals surface area contributed by atoms with E-state index in [-0.39, 0.29) is 6.04 Å². The van der Waals surface area contributed by atoms with E-state index >= 15 is 0 Å². The molecule has 1 aromatic rings. The molecule has 0 amide bonds. The van der Waals surface area contributed by atoms with Crippen LogP contribution in [-0.2, 0) is 10.2 Å². The Morgan fingerprint density at radius 1 is 1.50 bits per heavy atom. The quantitative estimate of drug-likeness (QED) is 0.799. The molecule has 0 radical (unpaired) electrons. The summed E-state index contributed by atoms with van der Waals surface area (Å²) in [6, 6.07) is 1.38. The molecule has 7 heteroatoms. The molecule has 1 rings (SSSR count). The van der Waals surface area contributed by atoms with Crippen LogP contribution in [0.15, 0.2) is 18.5 Å². The summed E-state index contributed by atoms with van der Waals surface area (Å²) < 4.78 is 27.2.